The lowest BCUT2D eigenvalue weighted by molar-refractivity contribution is -0.131. The summed E-state index contributed by atoms with van der Waals surface area (Å²) in [6, 6.07) is 10.1. The van der Waals surface area contributed by atoms with Gasteiger partial charge in [-0.25, -0.2) is 9.78 Å². The van der Waals surface area contributed by atoms with Crippen LogP contribution in [0.5, 0.6) is 0 Å². The van der Waals surface area contributed by atoms with E-state index in [0.29, 0.717) is 0 Å². The van der Waals surface area contributed by atoms with Gasteiger partial charge >= 0.3 is 5.97 Å². The first-order chi connectivity index (χ1) is 10.2. The second kappa shape index (κ2) is 6.43. The molecule has 1 N–H and O–H groups in total. The molecule has 2 heterocycles. The van der Waals surface area contributed by atoms with Gasteiger partial charge in [0.25, 0.3) is 0 Å². The Morgan fingerprint density at radius 3 is 3.05 bits per heavy atom. The third-order valence-electron chi connectivity index (χ3n) is 2.70. The van der Waals surface area contributed by atoms with Gasteiger partial charge < -0.3 is 5.11 Å². The summed E-state index contributed by atoms with van der Waals surface area (Å²) < 4.78 is 2.27. The average molecular weight is 333 g/mol. The van der Waals surface area contributed by atoms with Gasteiger partial charge in [0.2, 0.25) is 0 Å². The van der Waals surface area contributed by atoms with Crippen molar-refractivity contribution in [1.82, 2.24) is 4.98 Å². The highest BCUT2D eigenvalue weighted by Gasteiger charge is 2.05. The normalized spacial score (nSPS) is 11.4. The van der Waals surface area contributed by atoms with E-state index < -0.39 is 5.97 Å². The Balaban J connectivity index is 1.66. The van der Waals surface area contributed by atoms with Gasteiger partial charge in [0.05, 0.1) is 10.2 Å². The summed E-state index contributed by atoms with van der Waals surface area (Å²) in [5.41, 5.74) is 1.98. The molecular weight excluding hydrogens is 322 g/mol. The van der Waals surface area contributed by atoms with E-state index in [-0.39, 0.29) is 0 Å². The first-order valence-corrected chi connectivity index (χ1v) is 8.86. The highest BCUT2D eigenvalue weighted by atomic mass is 32.2. The molecule has 0 unspecified atom stereocenters. The van der Waals surface area contributed by atoms with Crippen LogP contribution < -0.4 is 0 Å². The van der Waals surface area contributed by atoms with Crippen LogP contribution in [0.2, 0.25) is 0 Å². The Hall–Kier alpha value is -1.63. The maximum atomic E-state index is 10.5. The van der Waals surface area contributed by atoms with E-state index in [1.165, 1.54) is 9.58 Å². The van der Waals surface area contributed by atoms with Crippen LogP contribution in [0.1, 0.15) is 10.4 Å². The summed E-state index contributed by atoms with van der Waals surface area (Å²) in [6.07, 6.45) is 2.78. The standard InChI is InChI=1S/C15H11NO2S3/c17-14(18)6-5-10-7-11(19-8-10)9-20-15-16-12-3-1-2-4-13(12)21-15/h1-8H,9H2,(H,17,18). The van der Waals surface area contributed by atoms with Crippen LogP contribution in [0.15, 0.2) is 46.1 Å². The molecule has 2 aromatic heterocycles. The van der Waals surface area contributed by atoms with E-state index in [1.54, 1.807) is 40.5 Å². The van der Waals surface area contributed by atoms with Crippen molar-refractivity contribution in [3.8, 4) is 0 Å². The topological polar surface area (TPSA) is 50.2 Å². The monoisotopic (exact) mass is 333 g/mol. The number of fused-ring (bicyclic) bond motifs is 1. The van der Waals surface area contributed by atoms with E-state index in [1.807, 2.05) is 29.6 Å². The van der Waals surface area contributed by atoms with Gasteiger partial charge in [0.1, 0.15) is 0 Å². The average Bonchev–Trinajstić information content (AvgIpc) is 3.09. The van der Waals surface area contributed by atoms with Gasteiger partial charge in [-0.05, 0) is 35.2 Å². The van der Waals surface area contributed by atoms with Crippen LogP contribution in [-0.2, 0) is 10.5 Å². The molecule has 21 heavy (non-hydrogen) atoms. The molecule has 0 atom stereocenters. The quantitative estimate of drug-likeness (QED) is 0.541. The maximum absolute atomic E-state index is 10.5. The fourth-order valence-electron chi connectivity index (χ4n) is 1.77. The number of thiazole rings is 1. The molecule has 6 heteroatoms. The number of aliphatic carboxylic acids is 1. The predicted octanol–water partition coefficient (Wildman–Crippen LogP) is 4.75. The molecule has 0 radical (unpaired) electrons. The lowest BCUT2D eigenvalue weighted by Gasteiger charge is -1.92. The number of carboxylic acids is 1. The fourth-order valence-corrected chi connectivity index (χ4v) is 4.75. The van der Waals surface area contributed by atoms with Crippen molar-refractivity contribution >= 4 is 56.7 Å². The lowest BCUT2D eigenvalue weighted by atomic mass is 10.3. The maximum Gasteiger partial charge on any atom is 0.328 e. The van der Waals surface area contributed by atoms with Crippen LogP contribution in [0.25, 0.3) is 16.3 Å². The molecule has 0 aliphatic carbocycles. The van der Waals surface area contributed by atoms with E-state index in [2.05, 4.69) is 11.1 Å². The van der Waals surface area contributed by atoms with Gasteiger partial charge in [-0.1, -0.05) is 23.9 Å². The van der Waals surface area contributed by atoms with Crippen molar-refractivity contribution in [1.29, 1.82) is 0 Å². The molecule has 106 valence electrons. The first kappa shape index (κ1) is 14.3. The number of carboxylic acid groups (broad SMARTS) is 1. The molecule has 0 amide bonds. The minimum absolute atomic E-state index is 0.853. The van der Waals surface area contributed by atoms with Crippen LogP contribution in [0.3, 0.4) is 0 Å². The molecule has 0 bridgehead atoms. The van der Waals surface area contributed by atoms with Gasteiger partial charge in [-0.15, -0.1) is 22.7 Å². The number of thiophene rings is 1. The molecule has 0 fully saturated rings. The molecule has 3 nitrogen and oxygen atoms in total. The number of para-hydroxylation sites is 1. The number of nitrogens with zero attached hydrogens (tertiary/aromatic N) is 1. The molecular formula is C15H11NO2S3. The van der Waals surface area contributed by atoms with Crippen LogP contribution in [0.4, 0.5) is 0 Å². The summed E-state index contributed by atoms with van der Waals surface area (Å²) >= 11 is 5.06. The highest BCUT2D eigenvalue weighted by Crippen LogP contribution is 2.32. The van der Waals surface area contributed by atoms with Crippen molar-refractivity contribution in [2.24, 2.45) is 0 Å². The summed E-state index contributed by atoms with van der Waals surface area (Å²) in [4.78, 5) is 16.3. The largest absolute Gasteiger partial charge is 0.478 e. The zero-order chi connectivity index (χ0) is 14.7. The summed E-state index contributed by atoms with van der Waals surface area (Å²) in [6.45, 7) is 0. The molecule has 1 aromatic carbocycles. The highest BCUT2D eigenvalue weighted by molar-refractivity contribution is 8.00. The van der Waals surface area contributed by atoms with E-state index >= 15 is 0 Å². The molecule has 3 rings (SSSR count). The minimum atomic E-state index is -0.924. The minimum Gasteiger partial charge on any atom is -0.478 e. The number of benzene rings is 1. The van der Waals surface area contributed by atoms with E-state index in [4.69, 9.17) is 5.11 Å². The zero-order valence-electron chi connectivity index (χ0n) is 10.9. The summed E-state index contributed by atoms with van der Waals surface area (Å²) in [5, 5.41) is 10.6. The number of aromatic nitrogens is 1. The van der Waals surface area contributed by atoms with Crippen molar-refractivity contribution in [3.63, 3.8) is 0 Å². The fraction of sp³-hybridized carbons (Fsp3) is 0.0667. The van der Waals surface area contributed by atoms with Crippen molar-refractivity contribution in [3.05, 3.63) is 52.2 Å². The molecule has 0 saturated heterocycles. The third-order valence-corrected chi connectivity index (χ3v) is 6.07. The van der Waals surface area contributed by atoms with Crippen LogP contribution >= 0.6 is 34.4 Å². The second-order valence-electron chi connectivity index (χ2n) is 4.25. The molecule has 0 aliphatic rings. The van der Waals surface area contributed by atoms with Gasteiger partial charge in [-0.2, -0.15) is 0 Å². The van der Waals surface area contributed by atoms with Crippen molar-refractivity contribution in [2.45, 2.75) is 10.1 Å². The Morgan fingerprint density at radius 1 is 1.38 bits per heavy atom. The Morgan fingerprint density at radius 2 is 2.24 bits per heavy atom. The number of rotatable bonds is 5. The second-order valence-corrected chi connectivity index (χ2v) is 7.50. The van der Waals surface area contributed by atoms with Crippen molar-refractivity contribution < 1.29 is 9.90 Å². The molecule has 0 spiro atoms. The first-order valence-electron chi connectivity index (χ1n) is 6.17. The smallest absolute Gasteiger partial charge is 0.328 e. The van der Waals surface area contributed by atoms with Gasteiger partial charge in [0.15, 0.2) is 4.34 Å². The number of thioether (sulfide) groups is 1. The summed E-state index contributed by atoms with van der Waals surface area (Å²) in [7, 11) is 0. The Labute approximate surface area is 134 Å². The van der Waals surface area contributed by atoms with Crippen molar-refractivity contribution in [2.75, 3.05) is 0 Å². The van der Waals surface area contributed by atoms with Crippen LogP contribution in [0, 0.1) is 0 Å². The molecule has 3 aromatic rings. The Bertz CT molecular complexity index is 771. The molecule has 0 saturated carbocycles. The van der Waals surface area contributed by atoms with Gasteiger partial charge in [-0.3, -0.25) is 0 Å². The number of hydrogen-bond acceptors (Lipinski definition) is 5. The predicted molar refractivity (Wildman–Crippen MR) is 90.2 cm³/mol. The Kier molecular flexibility index (Phi) is 4.38. The number of carbonyl (C=O) groups is 1. The van der Waals surface area contributed by atoms with E-state index in [0.717, 1.165) is 27.2 Å². The lowest BCUT2D eigenvalue weighted by Crippen LogP contribution is -1.84. The SMILES string of the molecule is O=C(O)C=Cc1csc(CSc2nc3ccccc3s2)c1. The van der Waals surface area contributed by atoms with E-state index in [9.17, 15) is 4.79 Å². The number of hydrogen-bond donors (Lipinski definition) is 1. The van der Waals surface area contributed by atoms with Crippen LogP contribution in [-0.4, -0.2) is 16.1 Å². The third kappa shape index (κ3) is 3.72. The zero-order valence-corrected chi connectivity index (χ0v) is 13.3. The van der Waals surface area contributed by atoms with Gasteiger partial charge in [0, 0.05) is 16.7 Å². The summed E-state index contributed by atoms with van der Waals surface area (Å²) in [5.74, 6) is -0.0719. The molecule has 0 aliphatic heterocycles.